The number of nitrogens with two attached hydrogens (primary N) is 1. The zero-order valence-corrected chi connectivity index (χ0v) is 9.21. The first-order valence-electron chi connectivity index (χ1n) is 4.33. The van der Waals surface area contributed by atoms with Gasteiger partial charge in [0.05, 0.1) is 4.47 Å². The number of aromatic hydroxyl groups is 1. The highest BCUT2D eigenvalue weighted by molar-refractivity contribution is 9.10. The van der Waals surface area contributed by atoms with E-state index in [9.17, 15) is 5.11 Å². The Kier molecular flexibility index (Phi) is 3.75. The first-order chi connectivity index (χ1) is 6.11. The van der Waals surface area contributed by atoms with Crippen molar-refractivity contribution >= 4 is 15.9 Å². The van der Waals surface area contributed by atoms with Crippen LogP contribution in [-0.2, 0) is 6.42 Å². The third kappa shape index (κ3) is 3.01. The van der Waals surface area contributed by atoms with Gasteiger partial charge < -0.3 is 10.8 Å². The maximum atomic E-state index is 9.39. The summed E-state index contributed by atoms with van der Waals surface area (Å²) >= 11 is 3.34. The van der Waals surface area contributed by atoms with E-state index < -0.39 is 0 Å². The van der Waals surface area contributed by atoms with Crippen molar-refractivity contribution in [3.8, 4) is 5.75 Å². The highest BCUT2D eigenvalue weighted by atomic mass is 79.9. The lowest BCUT2D eigenvalue weighted by molar-refractivity contribution is 0.470. The van der Waals surface area contributed by atoms with Crippen LogP contribution in [0.15, 0.2) is 22.7 Å². The van der Waals surface area contributed by atoms with Gasteiger partial charge in [-0.25, -0.2) is 0 Å². The molecule has 0 aliphatic carbocycles. The van der Waals surface area contributed by atoms with Gasteiger partial charge in [-0.15, -0.1) is 0 Å². The number of phenolic OH excluding ortho intramolecular Hbond substituents is 1. The zero-order chi connectivity index (χ0) is 9.84. The summed E-state index contributed by atoms with van der Waals surface area (Å²) in [5, 5.41) is 9.39. The Morgan fingerprint density at radius 3 is 2.85 bits per heavy atom. The first kappa shape index (κ1) is 10.5. The SMILES string of the molecule is C[C@@H](N)CCc1cccc(O)c1Br. The molecule has 0 unspecified atom stereocenters. The monoisotopic (exact) mass is 243 g/mol. The average molecular weight is 244 g/mol. The summed E-state index contributed by atoms with van der Waals surface area (Å²) in [6.07, 6.45) is 1.83. The predicted molar refractivity (Wildman–Crippen MR) is 57.8 cm³/mol. The lowest BCUT2D eigenvalue weighted by Gasteiger charge is -2.07. The van der Waals surface area contributed by atoms with E-state index in [1.165, 1.54) is 0 Å². The molecule has 0 aromatic heterocycles. The molecule has 3 N–H and O–H groups in total. The number of hydrogen-bond acceptors (Lipinski definition) is 2. The Morgan fingerprint density at radius 1 is 1.54 bits per heavy atom. The van der Waals surface area contributed by atoms with Crippen LogP contribution in [0.25, 0.3) is 0 Å². The summed E-state index contributed by atoms with van der Waals surface area (Å²) in [4.78, 5) is 0. The highest BCUT2D eigenvalue weighted by Crippen LogP contribution is 2.28. The molecule has 0 amide bonds. The van der Waals surface area contributed by atoms with E-state index >= 15 is 0 Å². The predicted octanol–water partition coefficient (Wildman–Crippen LogP) is 2.43. The molecule has 1 rings (SSSR count). The van der Waals surface area contributed by atoms with Gasteiger partial charge in [0.25, 0.3) is 0 Å². The fourth-order valence-corrected chi connectivity index (χ4v) is 1.61. The highest BCUT2D eigenvalue weighted by Gasteiger charge is 2.04. The molecule has 0 spiro atoms. The smallest absolute Gasteiger partial charge is 0.130 e. The third-order valence-electron chi connectivity index (χ3n) is 1.93. The van der Waals surface area contributed by atoms with Crippen LogP contribution in [0.4, 0.5) is 0 Å². The second-order valence-corrected chi connectivity index (χ2v) is 4.06. The largest absolute Gasteiger partial charge is 0.507 e. The van der Waals surface area contributed by atoms with E-state index in [-0.39, 0.29) is 6.04 Å². The summed E-state index contributed by atoms with van der Waals surface area (Å²) in [6, 6.07) is 5.71. The minimum absolute atomic E-state index is 0.203. The van der Waals surface area contributed by atoms with Crippen LogP contribution in [0.3, 0.4) is 0 Å². The molecule has 13 heavy (non-hydrogen) atoms. The maximum absolute atomic E-state index is 9.39. The van der Waals surface area contributed by atoms with E-state index in [2.05, 4.69) is 15.9 Å². The van der Waals surface area contributed by atoms with Crippen molar-refractivity contribution in [2.75, 3.05) is 0 Å². The lowest BCUT2D eigenvalue weighted by Crippen LogP contribution is -2.15. The molecule has 0 fully saturated rings. The number of hydrogen-bond donors (Lipinski definition) is 2. The van der Waals surface area contributed by atoms with Crippen molar-refractivity contribution in [1.29, 1.82) is 0 Å². The van der Waals surface area contributed by atoms with E-state index in [0.717, 1.165) is 22.9 Å². The summed E-state index contributed by atoms with van der Waals surface area (Å²) in [5.74, 6) is 0.294. The van der Waals surface area contributed by atoms with Gasteiger partial charge in [0.1, 0.15) is 5.75 Å². The van der Waals surface area contributed by atoms with Crippen LogP contribution in [-0.4, -0.2) is 11.1 Å². The summed E-state index contributed by atoms with van der Waals surface area (Å²) < 4.78 is 0.788. The molecule has 0 saturated carbocycles. The molecule has 1 aromatic rings. The normalized spacial score (nSPS) is 12.8. The van der Waals surface area contributed by atoms with Gasteiger partial charge in [0.2, 0.25) is 0 Å². The summed E-state index contributed by atoms with van der Waals surface area (Å²) in [7, 11) is 0. The van der Waals surface area contributed by atoms with E-state index in [1.807, 2.05) is 19.1 Å². The Balaban J connectivity index is 2.71. The van der Waals surface area contributed by atoms with Crippen molar-refractivity contribution in [2.24, 2.45) is 5.73 Å². The van der Waals surface area contributed by atoms with Crippen LogP contribution in [0.2, 0.25) is 0 Å². The summed E-state index contributed by atoms with van der Waals surface area (Å²) in [5.41, 5.74) is 6.76. The van der Waals surface area contributed by atoms with Gasteiger partial charge in [0.15, 0.2) is 0 Å². The molecular formula is C10H14BrNO. The van der Waals surface area contributed by atoms with Crippen molar-refractivity contribution in [1.82, 2.24) is 0 Å². The Labute approximate surface area is 86.9 Å². The summed E-state index contributed by atoms with van der Waals surface area (Å²) in [6.45, 7) is 1.98. The molecule has 72 valence electrons. The Bertz CT molecular complexity index is 286. The van der Waals surface area contributed by atoms with Gasteiger partial charge in [-0.3, -0.25) is 0 Å². The van der Waals surface area contributed by atoms with Gasteiger partial charge in [-0.1, -0.05) is 12.1 Å². The standard InChI is InChI=1S/C10H14BrNO/c1-7(12)5-6-8-3-2-4-9(13)10(8)11/h2-4,7,13H,5-6,12H2,1H3/t7-/m1/s1. The van der Waals surface area contributed by atoms with Crippen LogP contribution < -0.4 is 5.73 Å². The van der Waals surface area contributed by atoms with Gasteiger partial charge in [-0.05, 0) is 47.3 Å². The van der Waals surface area contributed by atoms with Crippen LogP contribution in [0.5, 0.6) is 5.75 Å². The average Bonchev–Trinajstić information content (AvgIpc) is 2.07. The second-order valence-electron chi connectivity index (χ2n) is 3.27. The molecular weight excluding hydrogens is 230 g/mol. The molecule has 3 heteroatoms. The molecule has 0 aliphatic heterocycles. The number of phenols is 1. The van der Waals surface area contributed by atoms with Crippen LogP contribution in [0, 0.1) is 0 Å². The van der Waals surface area contributed by atoms with Crippen molar-refractivity contribution < 1.29 is 5.11 Å². The molecule has 0 radical (unpaired) electrons. The fourth-order valence-electron chi connectivity index (χ4n) is 1.14. The molecule has 0 bridgehead atoms. The van der Waals surface area contributed by atoms with E-state index in [0.29, 0.717) is 5.75 Å². The van der Waals surface area contributed by atoms with Gasteiger partial charge in [0, 0.05) is 6.04 Å². The molecule has 0 saturated heterocycles. The molecule has 2 nitrogen and oxygen atoms in total. The number of aryl methyl sites for hydroxylation is 1. The Hall–Kier alpha value is -0.540. The molecule has 1 atom stereocenters. The topological polar surface area (TPSA) is 46.2 Å². The minimum Gasteiger partial charge on any atom is -0.507 e. The zero-order valence-electron chi connectivity index (χ0n) is 7.63. The van der Waals surface area contributed by atoms with E-state index in [1.54, 1.807) is 6.07 Å². The van der Waals surface area contributed by atoms with Crippen LogP contribution >= 0.6 is 15.9 Å². The number of benzene rings is 1. The van der Waals surface area contributed by atoms with Gasteiger partial charge in [-0.2, -0.15) is 0 Å². The minimum atomic E-state index is 0.203. The molecule has 0 heterocycles. The molecule has 0 aliphatic rings. The van der Waals surface area contributed by atoms with Gasteiger partial charge >= 0.3 is 0 Å². The van der Waals surface area contributed by atoms with Crippen molar-refractivity contribution in [2.45, 2.75) is 25.8 Å². The number of rotatable bonds is 3. The quantitative estimate of drug-likeness (QED) is 0.857. The molecule has 1 aromatic carbocycles. The lowest BCUT2D eigenvalue weighted by atomic mass is 10.1. The van der Waals surface area contributed by atoms with Crippen molar-refractivity contribution in [3.63, 3.8) is 0 Å². The third-order valence-corrected chi connectivity index (χ3v) is 2.84. The maximum Gasteiger partial charge on any atom is 0.130 e. The second kappa shape index (κ2) is 4.63. The Morgan fingerprint density at radius 2 is 2.23 bits per heavy atom. The van der Waals surface area contributed by atoms with Crippen molar-refractivity contribution in [3.05, 3.63) is 28.2 Å². The number of halogens is 1. The van der Waals surface area contributed by atoms with Crippen LogP contribution in [0.1, 0.15) is 18.9 Å². The fraction of sp³-hybridized carbons (Fsp3) is 0.400. The van der Waals surface area contributed by atoms with E-state index in [4.69, 9.17) is 5.73 Å². The first-order valence-corrected chi connectivity index (χ1v) is 5.12.